The van der Waals surface area contributed by atoms with Gasteiger partial charge in [-0.15, -0.1) is 0 Å². The second-order valence-electron chi connectivity index (χ2n) is 2.49. The van der Waals surface area contributed by atoms with Gasteiger partial charge in [0, 0.05) is 13.5 Å². The van der Waals surface area contributed by atoms with Crippen LogP contribution in [0.1, 0.15) is 19.8 Å². The molecule has 1 aliphatic heterocycles. The molecule has 0 saturated carbocycles. The van der Waals surface area contributed by atoms with Crippen molar-refractivity contribution in [3.05, 3.63) is 0 Å². The van der Waals surface area contributed by atoms with E-state index in [2.05, 4.69) is 0 Å². The Morgan fingerprint density at radius 3 is 2.80 bits per heavy atom. The molecule has 3 nitrogen and oxygen atoms in total. The van der Waals surface area contributed by atoms with E-state index in [9.17, 15) is 9.59 Å². The molecule has 55 valence electrons. The maximum absolute atomic E-state index is 10.8. The van der Waals surface area contributed by atoms with Gasteiger partial charge in [0.25, 0.3) is 0 Å². The summed E-state index contributed by atoms with van der Waals surface area (Å²) in [4.78, 5) is 22.5. The summed E-state index contributed by atoms with van der Waals surface area (Å²) in [6.45, 7) is 2.20. The molecular formula is C7H10NO2. The number of hydrogen-bond acceptors (Lipinski definition) is 2. The lowest BCUT2D eigenvalue weighted by Crippen LogP contribution is -2.34. The lowest BCUT2D eigenvalue weighted by molar-refractivity contribution is -0.128. The van der Waals surface area contributed by atoms with E-state index < -0.39 is 0 Å². The molecule has 1 heterocycles. The summed E-state index contributed by atoms with van der Waals surface area (Å²) in [5.41, 5.74) is 0. The molecule has 0 aliphatic carbocycles. The largest absolute Gasteiger partial charge is 0.332 e. The first kappa shape index (κ1) is 7.25. The SMILES string of the molecule is CC(=O)N1CCC[C@H]1[C]=O. The predicted octanol–water partition coefficient (Wildman–Crippen LogP) is 0.107. The van der Waals surface area contributed by atoms with Gasteiger partial charge in [-0.3, -0.25) is 9.59 Å². The van der Waals surface area contributed by atoms with E-state index in [1.165, 1.54) is 6.92 Å². The molecule has 1 aliphatic rings. The Morgan fingerprint density at radius 2 is 2.40 bits per heavy atom. The molecule has 10 heavy (non-hydrogen) atoms. The second-order valence-corrected chi connectivity index (χ2v) is 2.49. The summed E-state index contributed by atoms with van der Waals surface area (Å²) >= 11 is 0. The van der Waals surface area contributed by atoms with Crippen LogP contribution in [0.5, 0.6) is 0 Å². The van der Waals surface area contributed by atoms with Crippen LogP contribution in [0.25, 0.3) is 0 Å². The van der Waals surface area contributed by atoms with Crippen LogP contribution < -0.4 is 0 Å². The van der Waals surface area contributed by atoms with Crippen molar-refractivity contribution >= 4 is 12.2 Å². The van der Waals surface area contributed by atoms with Gasteiger partial charge in [0.1, 0.15) is 0 Å². The second kappa shape index (κ2) is 2.82. The summed E-state index contributed by atoms with van der Waals surface area (Å²) in [6, 6.07) is -0.266. The normalized spacial score (nSPS) is 24.9. The molecule has 0 N–H and O–H groups in total. The van der Waals surface area contributed by atoms with E-state index in [0.29, 0.717) is 0 Å². The Bertz CT molecular complexity index is 156. The monoisotopic (exact) mass is 140 g/mol. The molecule has 3 heteroatoms. The third kappa shape index (κ3) is 1.17. The first-order chi connectivity index (χ1) is 4.75. The molecule has 1 fully saturated rings. The summed E-state index contributed by atoms with van der Waals surface area (Å²) in [6.07, 6.45) is 3.56. The molecular weight excluding hydrogens is 130 g/mol. The van der Waals surface area contributed by atoms with Gasteiger partial charge in [-0.1, -0.05) is 0 Å². The van der Waals surface area contributed by atoms with Crippen molar-refractivity contribution in [3.8, 4) is 0 Å². The molecule has 0 bridgehead atoms. The highest BCUT2D eigenvalue weighted by molar-refractivity contribution is 5.78. The molecule has 1 radical (unpaired) electrons. The van der Waals surface area contributed by atoms with Gasteiger partial charge in [-0.05, 0) is 12.8 Å². The van der Waals surface area contributed by atoms with E-state index >= 15 is 0 Å². The number of carbonyl (C=O) groups is 1. The van der Waals surface area contributed by atoms with E-state index in [-0.39, 0.29) is 11.9 Å². The highest BCUT2D eigenvalue weighted by Crippen LogP contribution is 2.14. The maximum atomic E-state index is 10.8. The van der Waals surface area contributed by atoms with E-state index in [1.807, 2.05) is 6.29 Å². The average molecular weight is 140 g/mol. The van der Waals surface area contributed by atoms with Crippen molar-refractivity contribution in [1.29, 1.82) is 0 Å². The first-order valence-corrected chi connectivity index (χ1v) is 3.40. The minimum absolute atomic E-state index is 0.0224. The van der Waals surface area contributed by atoms with Crippen LogP contribution in [0.3, 0.4) is 0 Å². The summed E-state index contributed by atoms with van der Waals surface area (Å²) < 4.78 is 0. The number of carbonyl (C=O) groups excluding carboxylic acids is 2. The minimum Gasteiger partial charge on any atom is -0.332 e. The third-order valence-electron chi connectivity index (χ3n) is 1.79. The van der Waals surface area contributed by atoms with Crippen LogP contribution in [-0.2, 0) is 9.59 Å². The standard InChI is InChI=1S/C7H10NO2/c1-6(10)8-4-2-3-7(8)5-9/h7H,2-4H2,1H3/t7-/m0/s1. The molecule has 1 amide bonds. The highest BCUT2D eigenvalue weighted by Gasteiger charge is 2.26. The van der Waals surface area contributed by atoms with E-state index in [1.54, 1.807) is 4.90 Å². The maximum Gasteiger partial charge on any atom is 0.223 e. The third-order valence-corrected chi connectivity index (χ3v) is 1.79. The zero-order chi connectivity index (χ0) is 7.56. The summed E-state index contributed by atoms with van der Waals surface area (Å²) in [7, 11) is 0. The number of rotatable bonds is 1. The quantitative estimate of drug-likeness (QED) is 0.518. The van der Waals surface area contributed by atoms with Gasteiger partial charge in [0.2, 0.25) is 12.2 Å². The van der Waals surface area contributed by atoms with Gasteiger partial charge >= 0.3 is 0 Å². The number of amides is 1. The fourth-order valence-electron chi connectivity index (χ4n) is 1.27. The molecule has 0 aromatic rings. The number of hydrogen-bond donors (Lipinski definition) is 0. The molecule has 0 aromatic heterocycles. The Morgan fingerprint density at radius 1 is 1.70 bits per heavy atom. The lowest BCUT2D eigenvalue weighted by atomic mass is 10.2. The van der Waals surface area contributed by atoms with Crippen molar-refractivity contribution in [2.24, 2.45) is 0 Å². The van der Waals surface area contributed by atoms with Gasteiger partial charge in [-0.2, -0.15) is 0 Å². The average Bonchev–Trinajstić information content (AvgIpc) is 2.33. The van der Waals surface area contributed by atoms with Crippen molar-refractivity contribution in [2.75, 3.05) is 6.54 Å². The van der Waals surface area contributed by atoms with Gasteiger partial charge in [0.05, 0.1) is 6.04 Å². The fraction of sp³-hybridized carbons (Fsp3) is 0.714. The molecule has 1 atom stereocenters. The zero-order valence-corrected chi connectivity index (χ0v) is 5.96. The van der Waals surface area contributed by atoms with Crippen molar-refractivity contribution in [2.45, 2.75) is 25.8 Å². The molecule has 1 rings (SSSR count). The van der Waals surface area contributed by atoms with Gasteiger partial charge in [-0.25, -0.2) is 0 Å². The number of nitrogens with zero attached hydrogens (tertiary/aromatic N) is 1. The summed E-state index contributed by atoms with van der Waals surface area (Å²) in [5, 5.41) is 0. The van der Waals surface area contributed by atoms with Gasteiger partial charge < -0.3 is 4.90 Å². The van der Waals surface area contributed by atoms with Crippen LogP contribution >= 0.6 is 0 Å². The van der Waals surface area contributed by atoms with Crippen LogP contribution in [0.4, 0.5) is 0 Å². The van der Waals surface area contributed by atoms with Gasteiger partial charge in [0.15, 0.2) is 0 Å². The first-order valence-electron chi connectivity index (χ1n) is 3.40. The smallest absolute Gasteiger partial charge is 0.223 e. The van der Waals surface area contributed by atoms with Crippen LogP contribution in [0.15, 0.2) is 0 Å². The zero-order valence-electron chi connectivity index (χ0n) is 5.96. The highest BCUT2D eigenvalue weighted by atomic mass is 16.2. The lowest BCUT2D eigenvalue weighted by Gasteiger charge is -2.16. The van der Waals surface area contributed by atoms with Crippen LogP contribution in [0, 0.1) is 0 Å². The van der Waals surface area contributed by atoms with Crippen LogP contribution in [-0.4, -0.2) is 29.7 Å². The molecule has 0 unspecified atom stereocenters. The molecule has 0 aromatic carbocycles. The van der Waals surface area contributed by atoms with E-state index in [4.69, 9.17) is 0 Å². The van der Waals surface area contributed by atoms with Crippen molar-refractivity contribution in [3.63, 3.8) is 0 Å². The predicted molar refractivity (Wildman–Crippen MR) is 36.1 cm³/mol. The minimum atomic E-state index is -0.266. The fourth-order valence-corrected chi connectivity index (χ4v) is 1.27. The van der Waals surface area contributed by atoms with Crippen LogP contribution in [0.2, 0.25) is 0 Å². The van der Waals surface area contributed by atoms with Crippen molar-refractivity contribution < 1.29 is 9.59 Å². The van der Waals surface area contributed by atoms with Crippen molar-refractivity contribution in [1.82, 2.24) is 4.90 Å². The Kier molecular flexibility index (Phi) is 2.04. The summed E-state index contributed by atoms with van der Waals surface area (Å²) in [5.74, 6) is -0.0224. The Hall–Kier alpha value is -0.860. The topological polar surface area (TPSA) is 37.4 Å². The Balaban J connectivity index is 2.58. The molecule has 0 spiro atoms. The Labute approximate surface area is 60.0 Å². The van der Waals surface area contributed by atoms with E-state index in [0.717, 1.165) is 19.4 Å². The molecule has 1 saturated heterocycles. The number of likely N-dealkylation sites (tertiary alicyclic amines) is 1.